The van der Waals surface area contributed by atoms with Crippen molar-refractivity contribution in [3.8, 4) is 0 Å². The van der Waals surface area contributed by atoms with E-state index in [0.717, 1.165) is 11.9 Å². The van der Waals surface area contributed by atoms with Crippen LogP contribution in [0.15, 0.2) is 11.6 Å². The van der Waals surface area contributed by atoms with E-state index in [9.17, 15) is 137 Å². The predicted octanol–water partition coefficient (Wildman–Crippen LogP) is -6.08. The number of hydrogen-bond acceptors (Lipinski definition) is 45. The van der Waals surface area contributed by atoms with Crippen LogP contribution in [-0.4, -0.2) is 439 Å². The van der Waals surface area contributed by atoms with Crippen LogP contribution in [0.25, 0.3) is 0 Å². The van der Waals surface area contributed by atoms with E-state index in [0.29, 0.717) is 51.4 Å². The van der Waals surface area contributed by atoms with Gasteiger partial charge >= 0.3 is 23.9 Å². The topological polar surface area (TPSA) is 717 Å². The monoisotopic (exact) mass is 1970 g/mol. The lowest BCUT2D eigenvalue weighted by molar-refractivity contribution is -0.391. The molecule has 0 aromatic carbocycles. The van der Waals surface area contributed by atoms with Crippen molar-refractivity contribution in [2.24, 2.45) is 62.6 Å². The van der Waals surface area contributed by atoms with Gasteiger partial charge in [-0.1, -0.05) is 86.8 Å². The number of carbonyl (C=O) groups is 5. The summed E-state index contributed by atoms with van der Waals surface area (Å²) < 4.78 is 108. The first kappa shape index (κ1) is 110. The molecular weight excluding hydrogens is 1830 g/mol. The molecule has 8 aliphatic heterocycles. The van der Waals surface area contributed by atoms with Gasteiger partial charge in [0.05, 0.1) is 94.0 Å². The Morgan fingerprint density at radius 3 is 1.58 bits per heavy atom. The second kappa shape index (κ2) is 44.6. The van der Waals surface area contributed by atoms with Crippen molar-refractivity contribution in [3.05, 3.63) is 11.6 Å². The van der Waals surface area contributed by atoms with Gasteiger partial charge in [-0.05, 0) is 123 Å². The fraction of sp³-hybridized carbons (Fsp3) is 0.923. The lowest BCUT2D eigenvalue weighted by atomic mass is 9.36. The van der Waals surface area contributed by atoms with E-state index in [1.165, 1.54) is 13.8 Å². The Morgan fingerprint density at radius 1 is 0.467 bits per heavy atom. The van der Waals surface area contributed by atoms with Crippen molar-refractivity contribution >= 4 is 30.2 Å². The summed E-state index contributed by atoms with van der Waals surface area (Å²) in [4.78, 5) is 71.8. The second-order valence-corrected chi connectivity index (χ2v) is 41.8. The van der Waals surface area contributed by atoms with E-state index < -0.39 is 378 Å². The van der Waals surface area contributed by atoms with Crippen molar-refractivity contribution in [1.29, 1.82) is 0 Å². The summed E-state index contributed by atoms with van der Waals surface area (Å²) in [5.41, 5.74) is -4.41. The number of fused-ring (bicyclic) bond motifs is 7. The van der Waals surface area contributed by atoms with Gasteiger partial charge in [-0.2, -0.15) is 0 Å². The van der Waals surface area contributed by atoms with Gasteiger partial charge in [-0.25, -0.2) is 4.79 Å². The minimum absolute atomic E-state index is 0.0234. The van der Waals surface area contributed by atoms with E-state index in [2.05, 4.69) is 19.9 Å². The summed E-state index contributed by atoms with van der Waals surface area (Å²) in [5, 5.41) is 256. The molecule has 8 saturated heterocycles. The molecule has 0 bridgehead atoms. The second-order valence-electron chi connectivity index (χ2n) is 41.8. The zero-order chi connectivity index (χ0) is 100. The molecule has 12 fully saturated rings. The smallest absolute Gasteiger partial charge is 0.335 e. The molecule has 8 heterocycles. The van der Waals surface area contributed by atoms with Gasteiger partial charge in [0.1, 0.15) is 158 Å². The fourth-order valence-electron chi connectivity index (χ4n) is 23.7. The number of aliphatic hydroxyl groups is 22. The van der Waals surface area contributed by atoms with Crippen molar-refractivity contribution in [1.82, 2.24) is 0 Å². The highest BCUT2D eigenvalue weighted by Gasteiger charge is 2.71. The van der Waals surface area contributed by atoms with Gasteiger partial charge < -0.3 is 208 Å². The van der Waals surface area contributed by atoms with E-state index in [-0.39, 0.29) is 43.9 Å². The number of carboxylic acids is 1. The normalized spacial score (nSPS) is 48.5. The van der Waals surface area contributed by atoms with Gasteiger partial charge in [-0.3, -0.25) is 14.4 Å². The molecule has 13 aliphatic rings. The van der Waals surface area contributed by atoms with Gasteiger partial charge in [0, 0.05) is 12.8 Å². The molecule has 4 saturated carbocycles. The van der Waals surface area contributed by atoms with Crippen LogP contribution in [0, 0.1) is 62.6 Å². The first-order valence-electron chi connectivity index (χ1n) is 48.0. The molecule has 137 heavy (non-hydrogen) atoms. The Hall–Kier alpha value is -4.19. The van der Waals surface area contributed by atoms with Crippen LogP contribution in [0.1, 0.15) is 172 Å². The number of esters is 3. The Balaban J connectivity index is 0.741. The van der Waals surface area contributed by atoms with Crippen LogP contribution in [0.3, 0.4) is 0 Å². The molecule has 0 amide bonds. The molecule has 13 rings (SSSR count). The largest absolute Gasteiger partial charge is 0.479 e. The molecule has 0 aromatic heterocycles. The number of rotatable bonds is 34. The van der Waals surface area contributed by atoms with Crippen LogP contribution in [0.5, 0.6) is 0 Å². The van der Waals surface area contributed by atoms with E-state index in [1.807, 2.05) is 20.8 Å². The molecule has 0 spiro atoms. The zero-order valence-electron chi connectivity index (χ0n) is 78.7. The summed E-state index contributed by atoms with van der Waals surface area (Å²) in [5.74, 6) is -7.61. The Morgan fingerprint density at radius 2 is 0.971 bits per heavy atom. The quantitative estimate of drug-likeness (QED) is 0.00937. The van der Waals surface area contributed by atoms with E-state index >= 15 is 4.79 Å². The van der Waals surface area contributed by atoms with Crippen LogP contribution >= 0.6 is 0 Å². The van der Waals surface area contributed by atoms with Crippen LogP contribution in [0.2, 0.25) is 0 Å². The Kier molecular flexibility index (Phi) is 35.8. The maximum Gasteiger partial charge on any atom is 0.335 e. The van der Waals surface area contributed by atoms with Gasteiger partial charge in [-0.15, -0.1) is 0 Å². The van der Waals surface area contributed by atoms with Gasteiger partial charge in [0.25, 0.3) is 0 Å². The number of aldehydes is 1. The molecular formula is C91H146O46. The average molecular weight is 1980 g/mol. The maximum atomic E-state index is 16.3. The van der Waals surface area contributed by atoms with Crippen molar-refractivity contribution < 1.29 is 227 Å². The first-order chi connectivity index (χ1) is 64.5. The third kappa shape index (κ3) is 22.1. The van der Waals surface area contributed by atoms with Crippen molar-refractivity contribution in [2.45, 2.75) is 430 Å². The third-order valence-corrected chi connectivity index (χ3v) is 32.4. The lowest BCUT2D eigenvalue weighted by Gasteiger charge is -2.68. The van der Waals surface area contributed by atoms with Crippen molar-refractivity contribution in [2.75, 3.05) is 33.0 Å². The number of aliphatic hydroxyl groups excluding tert-OH is 22. The fourth-order valence-corrected chi connectivity index (χ4v) is 23.7. The summed E-state index contributed by atoms with van der Waals surface area (Å²) in [6.45, 7) is 16.5. The molecule has 46 heteroatoms. The lowest BCUT2D eigenvalue weighted by Crippen LogP contribution is -2.68. The Labute approximate surface area is 791 Å². The molecule has 786 valence electrons. The number of allylic oxidation sites excluding steroid dienone is 2. The molecule has 0 aromatic rings. The number of ether oxygens (including phenoxy) is 18. The summed E-state index contributed by atoms with van der Waals surface area (Å²) in [6, 6.07) is 0. The Bertz CT molecular complexity index is 4020. The zero-order valence-corrected chi connectivity index (χ0v) is 78.7. The average Bonchev–Trinajstić information content (AvgIpc) is 1.68. The molecule has 0 radical (unpaired) electrons. The molecule has 5 aliphatic carbocycles. The highest BCUT2D eigenvalue weighted by Crippen LogP contribution is 2.73. The minimum atomic E-state index is -2.26. The summed E-state index contributed by atoms with van der Waals surface area (Å²) >= 11 is 0. The maximum absolute atomic E-state index is 16.3. The molecule has 46 nitrogen and oxygen atoms in total. The van der Waals surface area contributed by atoms with Crippen LogP contribution in [0.4, 0.5) is 0 Å². The standard InChI is InChI=1S/C91H146O46/c1-12-34(3)46(125-54(101)24-39(96)23-47(35(4)13-2)126-82-64(111)59(106)49(29-93)127-82)22-38(95)25-55(102)130-71-37(6)124-84(75(67(71)114)135-81-66(113)61(108)70(36(5)123-81)131-80-69(116)72(45(99)32-122-80)132-78-62(109)56(103)43(97)30-120-78)137-86(119)91-21-20-87(7,8)27-42(91)40-14-15-50-88(9,41(40)26-52(91)100)18-16-51-89(50,10)19-17-53(90(51,11)33-94)129-85-76(136-83-65(112)60(107)58(105)48(28-92)128-83)73(68(115)74(134-85)77(117)118)133-79-63(110)57(104)44(98)31-121-79/h14,33-39,41-53,56-76,78-85,92-93,95-100,103-116H,12-13,15-32H2,1-11H3,(H,117,118)/t34-,35-,36-,37+,38-,39-,41?,42-,43+,44+,45+,46-,47-,48+,49-,50-,51+,52+,53-,56-,57-,58-,59-,60-,61-,62+,63+,64+,65+,66+,67-,68-,69+,70-,71-,72-,73-,74-,75+,76+,78-,79-,80-,81-,82+,83-,84-,85+,88-,89+,90-,91+/m0/s1. The SMILES string of the molecule is CC[C@H](C)[C@H](C[C@H](O)CC(=O)O[C@@H]1[C@H](O)[C@@H](O[C@@H]2O[C@@H](C)[C@H](O[C@@H]3OC[C@@H](O)[C@H](O[C@@H]4OC[C@@H](O)[C@H](O)[C@H]4O)[C@H]3O)[C@@H](O)[C@H]2O)[C@H](OC(=O)[C@]23CCC(C)(C)C[C@H]2C2=CC[C@@H]4[C@@]5(C)CC[C@H](O[C@@H]6O[C@H](C(=O)O)[C@@H](O)[C@H](O[C@@H]7OC[C@@H](O)[C@H](O)[C@H]7O)[C@H]6O[C@@H]6O[C@H](CO)[C@H](O)[C@H](O)[C@H]6O)[C@@](C)(C=O)[C@@H]5CC[C@@]4(C)C2C[C@H]3O)O[C@@H]1C)OC(=O)C[C@@H](O)C[C@H](O[C@@H]1O[C@@H](CO)[C@H](O)[C@H]1O)[C@@H](C)CC. The molecule has 23 N–H and O–H groups in total. The highest BCUT2D eigenvalue weighted by molar-refractivity contribution is 5.80. The van der Waals surface area contributed by atoms with Crippen LogP contribution < -0.4 is 0 Å². The number of carboxylic acid groups (broad SMARTS) is 1. The summed E-state index contributed by atoms with van der Waals surface area (Å²) in [7, 11) is 0. The first-order valence-corrected chi connectivity index (χ1v) is 48.0. The number of aliphatic carboxylic acids is 1. The number of hydrogen-bond donors (Lipinski definition) is 23. The minimum Gasteiger partial charge on any atom is -0.479 e. The molecule has 1 unspecified atom stereocenters. The van der Waals surface area contributed by atoms with E-state index in [1.54, 1.807) is 27.7 Å². The van der Waals surface area contributed by atoms with Gasteiger partial charge in [0.15, 0.2) is 62.3 Å². The summed E-state index contributed by atoms with van der Waals surface area (Å²) in [6.07, 6.45) is -69.4. The highest BCUT2D eigenvalue weighted by atomic mass is 16.8. The molecule has 52 atom stereocenters. The van der Waals surface area contributed by atoms with E-state index in [4.69, 9.17) is 85.3 Å². The van der Waals surface area contributed by atoms with Crippen molar-refractivity contribution in [3.63, 3.8) is 0 Å². The predicted molar refractivity (Wildman–Crippen MR) is 453 cm³/mol. The van der Waals surface area contributed by atoms with Gasteiger partial charge in [0.2, 0.25) is 6.29 Å². The van der Waals surface area contributed by atoms with Crippen LogP contribution in [-0.2, 0) is 109 Å². The third-order valence-electron chi connectivity index (χ3n) is 32.4. The number of carbonyl (C=O) groups excluding carboxylic acids is 4.